The Bertz CT molecular complexity index is 1310. The van der Waals surface area contributed by atoms with Crippen LogP contribution in [0.2, 0.25) is 0 Å². The number of H-pyrrole nitrogens is 1. The van der Waals surface area contributed by atoms with Crippen LogP contribution in [-0.2, 0) is 26.3 Å². The number of likely N-dealkylation sites (N-methyl/N-ethyl adjacent to an activating group) is 1. The molecular formula is C26H28N4O3. The van der Waals surface area contributed by atoms with Crippen LogP contribution in [0.4, 0.5) is 11.4 Å². The predicted octanol–water partition coefficient (Wildman–Crippen LogP) is 3.86. The van der Waals surface area contributed by atoms with Crippen LogP contribution in [0.25, 0.3) is 10.9 Å². The van der Waals surface area contributed by atoms with Gasteiger partial charge in [0.05, 0.1) is 11.1 Å². The van der Waals surface area contributed by atoms with Crippen molar-refractivity contribution in [2.75, 3.05) is 17.3 Å². The molecule has 170 valence electrons. The Balaban J connectivity index is 1.40. The highest BCUT2D eigenvalue weighted by Gasteiger charge is 2.43. The van der Waals surface area contributed by atoms with Crippen molar-refractivity contribution in [2.24, 2.45) is 0 Å². The standard InChI is InChI=1S/C26H28N4O3/c1-15-11-17(12-19-23(15)29(4)25(33)26(19,2)3)28-24(32)21-9-10-22(31)30(21)14-16-13-27-20-8-6-5-7-18(16)20/h5-8,11-13,21,27H,9-10,14H2,1-4H3,(H,28,32). The monoisotopic (exact) mass is 444 g/mol. The van der Waals surface area contributed by atoms with E-state index < -0.39 is 11.5 Å². The summed E-state index contributed by atoms with van der Waals surface area (Å²) in [6, 6.07) is 11.2. The molecule has 1 aromatic heterocycles. The maximum Gasteiger partial charge on any atom is 0.247 e. The van der Waals surface area contributed by atoms with Crippen LogP contribution in [0.1, 0.15) is 43.4 Å². The number of anilines is 2. The van der Waals surface area contributed by atoms with Gasteiger partial charge in [0, 0.05) is 42.8 Å². The molecule has 3 amide bonds. The minimum Gasteiger partial charge on any atom is -0.361 e. The van der Waals surface area contributed by atoms with Gasteiger partial charge in [-0.25, -0.2) is 0 Å². The Morgan fingerprint density at radius 2 is 1.97 bits per heavy atom. The van der Waals surface area contributed by atoms with Crippen LogP contribution >= 0.6 is 0 Å². The predicted molar refractivity (Wildman–Crippen MR) is 128 cm³/mol. The summed E-state index contributed by atoms with van der Waals surface area (Å²) in [6.45, 7) is 6.14. The molecule has 3 heterocycles. The van der Waals surface area contributed by atoms with Crippen molar-refractivity contribution in [2.45, 2.75) is 51.6 Å². The zero-order valence-electron chi connectivity index (χ0n) is 19.4. The van der Waals surface area contributed by atoms with Gasteiger partial charge in [-0.15, -0.1) is 0 Å². The van der Waals surface area contributed by atoms with E-state index in [0.717, 1.165) is 33.3 Å². The number of hydrogen-bond acceptors (Lipinski definition) is 3. The zero-order valence-corrected chi connectivity index (χ0v) is 19.4. The first kappa shape index (κ1) is 21.2. The number of aromatic nitrogens is 1. The van der Waals surface area contributed by atoms with E-state index in [9.17, 15) is 14.4 Å². The van der Waals surface area contributed by atoms with Crippen LogP contribution in [0, 0.1) is 6.92 Å². The SMILES string of the molecule is Cc1cc(NC(=O)C2CCC(=O)N2Cc2c[nH]c3ccccc23)cc2c1N(C)C(=O)C2(C)C. The van der Waals surface area contributed by atoms with Gasteiger partial charge in [-0.2, -0.15) is 0 Å². The highest BCUT2D eigenvalue weighted by atomic mass is 16.2. The minimum atomic E-state index is -0.653. The molecule has 1 saturated heterocycles. The molecule has 0 spiro atoms. The number of nitrogens with one attached hydrogen (secondary N) is 2. The van der Waals surface area contributed by atoms with Crippen molar-refractivity contribution in [1.29, 1.82) is 0 Å². The maximum absolute atomic E-state index is 13.3. The fourth-order valence-corrected chi connectivity index (χ4v) is 5.29. The van der Waals surface area contributed by atoms with Crippen molar-refractivity contribution < 1.29 is 14.4 Å². The number of nitrogens with zero attached hydrogens (tertiary/aromatic N) is 2. The van der Waals surface area contributed by atoms with Crippen molar-refractivity contribution in [1.82, 2.24) is 9.88 Å². The summed E-state index contributed by atoms with van der Waals surface area (Å²) in [5, 5.41) is 4.08. The molecule has 0 radical (unpaired) electrons. The second-order valence-electron chi connectivity index (χ2n) is 9.60. The summed E-state index contributed by atoms with van der Waals surface area (Å²) in [5.41, 5.74) is 4.75. The summed E-state index contributed by atoms with van der Waals surface area (Å²) in [7, 11) is 1.79. The highest BCUT2D eigenvalue weighted by Crippen LogP contribution is 2.44. The number of para-hydroxylation sites is 1. The minimum absolute atomic E-state index is 0.0149. The first-order chi connectivity index (χ1) is 15.7. The van der Waals surface area contributed by atoms with Crippen LogP contribution in [0.15, 0.2) is 42.6 Å². The van der Waals surface area contributed by atoms with E-state index in [1.165, 1.54) is 0 Å². The molecule has 0 saturated carbocycles. The Kier molecular flexibility index (Phi) is 4.81. The highest BCUT2D eigenvalue weighted by molar-refractivity contribution is 6.09. The quantitative estimate of drug-likeness (QED) is 0.641. The molecule has 1 atom stereocenters. The summed E-state index contributed by atoms with van der Waals surface area (Å²) in [4.78, 5) is 45.2. The van der Waals surface area contributed by atoms with E-state index in [2.05, 4.69) is 10.3 Å². The molecule has 7 nitrogen and oxygen atoms in total. The van der Waals surface area contributed by atoms with Crippen molar-refractivity contribution in [3.05, 3.63) is 59.3 Å². The lowest BCUT2D eigenvalue weighted by Crippen LogP contribution is -2.41. The second-order valence-corrected chi connectivity index (χ2v) is 9.60. The average molecular weight is 445 g/mol. The molecule has 0 bridgehead atoms. The van der Waals surface area contributed by atoms with E-state index in [4.69, 9.17) is 0 Å². The Labute approximate surface area is 192 Å². The molecule has 7 heteroatoms. The first-order valence-electron chi connectivity index (χ1n) is 11.3. The lowest BCUT2D eigenvalue weighted by atomic mass is 9.85. The number of rotatable bonds is 4. The lowest BCUT2D eigenvalue weighted by Gasteiger charge is -2.24. The lowest BCUT2D eigenvalue weighted by molar-refractivity contribution is -0.133. The largest absolute Gasteiger partial charge is 0.361 e. The number of benzene rings is 2. The van der Waals surface area contributed by atoms with Gasteiger partial charge in [0.2, 0.25) is 17.7 Å². The number of fused-ring (bicyclic) bond motifs is 2. The average Bonchev–Trinajstić information content (AvgIpc) is 3.40. The Morgan fingerprint density at radius 3 is 2.76 bits per heavy atom. The molecule has 33 heavy (non-hydrogen) atoms. The van der Waals surface area contributed by atoms with Gasteiger partial charge in [0.25, 0.3) is 0 Å². The van der Waals surface area contributed by atoms with Crippen molar-refractivity contribution in [3.63, 3.8) is 0 Å². The summed E-state index contributed by atoms with van der Waals surface area (Å²) < 4.78 is 0. The molecule has 1 unspecified atom stereocenters. The van der Waals surface area contributed by atoms with E-state index in [0.29, 0.717) is 25.1 Å². The molecule has 2 aliphatic rings. The molecule has 2 N–H and O–H groups in total. The zero-order chi connectivity index (χ0) is 23.5. The Morgan fingerprint density at radius 1 is 1.21 bits per heavy atom. The van der Waals surface area contributed by atoms with Crippen LogP contribution in [0.5, 0.6) is 0 Å². The fourth-order valence-electron chi connectivity index (χ4n) is 5.29. The molecule has 2 aliphatic heterocycles. The third-order valence-electron chi connectivity index (χ3n) is 7.06. The summed E-state index contributed by atoms with van der Waals surface area (Å²) in [5.74, 6) is -0.176. The van der Waals surface area contributed by atoms with Crippen LogP contribution in [-0.4, -0.2) is 40.7 Å². The van der Waals surface area contributed by atoms with E-state index in [1.54, 1.807) is 16.8 Å². The number of carbonyl (C=O) groups excluding carboxylic acids is 3. The van der Waals surface area contributed by atoms with Gasteiger partial charge < -0.3 is 20.1 Å². The molecule has 1 fully saturated rings. The van der Waals surface area contributed by atoms with Gasteiger partial charge in [-0.1, -0.05) is 18.2 Å². The Hall–Kier alpha value is -3.61. The molecule has 5 rings (SSSR count). The van der Waals surface area contributed by atoms with Crippen LogP contribution < -0.4 is 10.2 Å². The summed E-state index contributed by atoms with van der Waals surface area (Å²) in [6.07, 6.45) is 2.75. The van der Waals surface area contributed by atoms with Gasteiger partial charge in [0.15, 0.2) is 0 Å². The number of carbonyl (C=O) groups is 3. The van der Waals surface area contributed by atoms with Crippen molar-refractivity contribution in [3.8, 4) is 0 Å². The number of likely N-dealkylation sites (tertiary alicyclic amines) is 1. The molecule has 0 aliphatic carbocycles. The third kappa shape index (κ3) is 3.30. The van der Waals surface area contributed by atoms with Crippen LogP contribution in [0.3, 0.4) is 0 Å². The number of hydrogen-bond donors (Lipinski definition) is 2. The maximum atomic E-state index is 13.3. The first-order valence-corrected chi connectivity index (χ1v) is 11.3. The normalized spacial score (nSPS) is 19.5. The number of aryl methyl sites for hydroxylation is 1. The fraction of sp³-hybridized carbons (Fsp3) is 0.346. The summed E-state index contributed by atoms with van der Waals surface area (Å²) >= 11 is 0. The van der Waals surface area contributed by atoms with E-state index in [-0.39, 0.29) is 17.7 Å². The van der Waals surface area contributed by atoms with Gasteiger partial charge in [-0.05, 0) is 62.1 Å². The van der Waals surface area contributed by atoms with Crippen molar-refractivity contribution >= 4 is 40.0 Å². The topological polar surface area (TPSA) is 85.5 Å². The molecule has 2 aromatic carbocycles. The van der Waals surface area contributed by atoms with Gasteiger partial charge in [-0.3, -0.25) is 14.4 Å². The van der Waals surface area contributed by atoms with Gasteiger partial charge >= 0.3 is 0 Å². The second kappa shape index (κ2) is 7.47. The molecular weight excluding hydrogens is 416 g/mol. The number of amides is 3. The van der Waals surface area contributed by atoms with Gasteiger partial charge in [0.1, 0.15) is 6.04 Å². The number of aromatic amines is 1. The molecule has 3 aromatic rings. The third-order valence-corrected chi connectivity index (χ3v) is 7.06. The van der Waals surface area contributed by atoms with E-state index >= 15 is 0 Å². The van der Waals surface area contributed by atoms with E-state index in [1.807, 2.05) is 63.4 Å². The smallest absolute Gasteiger partial charge is 0.247 e.